The largest absolute Gasteiger partial charge is 0.392 e. The van der Waals surface area contributed by atoms with Gasteiger partial charge >= 0.3 is 0 Å². The summed E-state index contributed by atoms with van der Waals surface area (Å²) in [5.41, 5.74) is 0. The van der Waals surface area contributed by atoms with E-state index in [4.69, 9.17) is 0 Å². The highest BCUT2D eigenvalue weighted by Crippen LogP contribution is 2.20. The summed E-state index contributed by atoms with van der Waals surface area (Å²) < 4.78 is 0. The maximum absolute atomic E-state index is 12.4. The fraction of sp³-hybridized carbons (Fsp3) is 0.929. The number of carbonyl (C=O) groups is 1. The molecule has 2 rings (SSSR count). The standard InChI is InChI=1S/C14H26N2O2/c1-11-6-9-16(10-13(11)17)12(2)14(18)15-7-4-3-5-8-15/h11-13,17H,3-10H2,1-2H3. The van der Waals surface area contributed by atoms with Gasteiger partial charge in [0.15, 0.2) is 0 Å². The zero-order valence-corrected chi connectivity index (χ0v) is 11.6. The van der Waals surface area contributed by atoms with Crippen molar-refractivity contribution in [3.8, 4) is 0 Å². The van der Waals surface area contributed by atoms with Crippen LogP contribution < -0.4 is 0 Å². The van der Waals surface area contributed by atoms with Crippen molar-refractivity contribution in [1.82, 2.24) is 9.80 Å². The van der Waals surface area contributed by atoms with Gasteiger partial charge in [-0.05, 0) is 45.1 Å². The smallest absolute Gasteiger partial charge is 0.239 e. The van der Waals surface area contributed by atoms with E-state index in [1.165, 1.54) is 6.42 Å². The lowest BCUT2D eigenvalue weighted by Gasteiger charge is -2.39. The van der Waals surface area contributed by atoms with Gasteiger partial charge in [-0.2, -0.15) is 0 Å². The first-order valence-electron chi connectivity index (χ1n) is 7.30. The summed E-state index contributed by atoms with van der Waals surface area (Å²) in [4.78, 5) is 16.5. The highest BCUT2D eigenvalue weighted by Gasteiger charge is 2.32. The lowest BCUT2D eigenvalue weighted by Crippen LogP contribution is -2.53. The molecule has 0 radical (unpaired) electrons. The van der Waals surface area contributed by atoms with Crippen LogP contribution in [0, 0.1) is 5.92 Å². The van der Waals surface area contributed by atoms with Crippen LogP contribution in [-0.2, 0) is 4.79 Å². The molecule has 0 bridgehead atoms. The Hall–Kier alpha value is -0.610. The molecule has 0 spiro atoms. The van der Waals surface area contributed by atoms with Gasteiger partial charge in [0.2, 0.25) is 5.91 Å². The number of amides is 1. The quantitative estimate of drug-likeness (QED) is 0.802. The maximum atomic E-state index is 12.4. The van der Waals surface area contributed by atoms with Crippen molar-refractivity contribution in [3.63, 3.8) is 0 Å². The highest BCUT2D eigenvalue weighted by atomic mass is 16.3. The van der Waals surface area contributed by atoms with E-state index < -0.39 is 0 Å². The molecule has 2 aliphatic rings. The topological polar surface area (TPSA) is 43.8 Å². The Morgan fingerprint density at radius 2 is 1.89 bits per heavy atom. The van der Waals surface area contributed by atoms with Gasteiger partial charge < -0.3 is 10.0 Å². The molecule has 0 aliphatic carbocycles. The van der Waals surface area contributed by atoms with Gasteiger partial charge in [0, 0.05) is 19.6 Å². The number of aliphatic hydroxyl groups is 1. The normalized spacial score (nSPS) is 32.3. The summed E-state index contributed by atoms with van der Waals surface area (Å²) >= 11 is 0. The molecule has 0 aromatic heterocycles. The van der Waals surface area contributed by atoms with Gasteiger partial charge in [-0.3, -0.25) is 9.69 Å². The molecule has 1 N–H and O–H groups in total. The minimum absolute atomic E-state index is 0.0785. The molecule has 4 nitrogen and oxygen atoms in total. The molecule has 3 atom stereocenters. The van der Waals surface area contributed by atoms with Gasteiger partial charge in [0.1, 0.15) is 0 Å². The van der Waals surface area contributed by atoms with Crippen LogP contribution in [0.5, 0.6) is 0 Å². The third-order valence-corrected chi connectivity index (χ3v) is 4.52. The first-order valence-corrected chi connectivity index (χ1v) is 7.30. The highest BCUT2D eigenvalue weighted by molar-refractivity contribution is 5.81. The van der Waals surface area contributed by atoms with Crippen LogP contribution in [0.15, 0.2) is 0 Å². The lowest BCUT2D eigenvalue weighted by atomic mass is 9.95. The second-order valence-electron chi connectivity index (χ2n) is 5.89. The summed E-state index contributed by atoms with van der Waals surface area (Å²) in [5.74, 6) is 0.606. The first-order chi connectivity index (χ1) is 8.59. The molecular formula is C14H26N2O2. The fourth-order valence-corrected chi connectivity index (χ4v) is 2.96. The number of hydrogen-bond acceptors (Lipinski definition) is 3. The maximum Gasteiger partial charge on any atom is 0.239 e. The molecule has 0 aromatic rings. The van der Waals surface area contributed by atoms with Crippen molar-refractivity contribution in [2.24, 2.45) is 5.92 Å². The summed E-state index contributed by atoms with van der Waals surface area (Å²) in [5, 5.41) is 9.92. The fourth-order valence-electron chi connectivity index (χ4n) is 2.96. The molecule has 2 aliphatic heterocycles. The summed E-state index contributed by atoms with van der Waals surface area (Å²) in [6.45, 7) is 7.46. The number of likely N-dealkylation sites (tertiary alicyclic amines) is 2. The van der Waals surface area contributed by atoms with Crippen molar-refractivity contribution in [2.45, 2.75) is 51.7 Å². The van der Waals surface area contributed by atoms with Gasteiger partial charge in [-0.15, -0.1) is 0 Å². The second-order valence-corrected chi connectivity index (χ2v) is 5.89. The molecule has 0 aromatic carbocycles. The lowest BCUT2D eigenvalue weighted by molar-refractivity contribution is -0.139. The minimum Gasteiger partial charge on any atom is -0.392 e. The van der Waals surface area contributed by atoms with Crippen LogP contribution in [0.2, 0.25) is 0 Å². The van der Waals surface area contributed by atoms with Crippen molar-refractivity contribution in [3.05, 3.63) is 0 Å². The molecule has 2 saturated heterocycles. The van der Waals surface area contributed by atoms with E-state index in [0.29, 0.717) is 12.5 Å². The van der Waals surface area contributed by atoms with Crippen molar-refractivity contribution in [1.29, 1.82) is 0 Å². The number of aliphatic hydroxyl groups excluding tert-OH is 1. The zero-order valence-electron chi connectivity index (χ0n) is 11.6. The molecule has 3 unspecified atom stereocenters. The van der Waals surface area contributed by atoms with E-state index in [1.807, 2.05) is 11.8 Å². The van der Waals surface area contributed by atoms with Crippen LogP contribution in [-0.4, -0.2) is 59.1 Å². The van der Waals surface area contributed by atoms with E-state index in [9.17, 15) is 9.90 Å². The molecule has 2 fully saturated rings. The summed E-state index contributed by atoms with van der Waals surface area (Å²) in [7, 11) is 0. The monoisotopic (exact) mass is 254 g/mol. The van der Waals surface area contributed by atoms with Crippen molar-refractivity contribution in [2.75, 3.05) is 26.2 Å². The molecule has 4 heteroatoms. The predicted octanol–water partition coefficient (Wildman–Crippen LogP) is 1.09. The Kier molecular flexibility index (Phi) is 4.62. The Balaban J connectivity index is 1.89. The Morgan fingerprint density at radius 3 is 2.50 bits per heavy atom. The van der Waals surface area contributed by atoms with Gasteiger partial charge in [0.05, 0.1) is 12.1 Å². The van der Waals surface area contributed by atoms with E-state index in [0.717, 1.165) is 38.9 Å². The molecule has 0 saturated carbocycles. The van der Waals surface area contributed by atoms with Crippen LogP contribution in [0.3, 0.4) is 0 Å². The molecule has 18 heavy (non-hydrogen) atoms. The van der Waals surface area contributed by atoms with Gasteiger partial charge in [-0.25, -0.2) is 0 Å². The third-order valence-electron chi connectivity index (χ3n) is 4.52. The first kappa shape index (κ1) is 13.8. The molecule has 104 valence electrons. The molecule has 2 heterocycles. The zero-order chi connectivity index (χ0) is 13.1. The second kappa shape index (κ2) is 6.02. The van der Waals surface area contributed by atoms with Crippen molar-refractivity contribution < 1.29 is 9.90 Å². The Bertz CT molecular complexity index is 290. The Labute approximate surface area is 110 Å². The van der Waals surface area contributed by atoms with E-state index >= 15 is 0 Å². The number of nitrogens with zero attached hydrogens (tertiary/aromatic N) is 2. The Morgan fingerprint density at radius 1 is 1.22 bits per heavy atom. The number of β-amino-alcohol motifs (C(OH)–C–C–N with tert-alkyl or cyclic N) is 1. The van der Waals surface area contributed by atoms with Crippen LogP contribution in [0.1, 0.15) is 39.5 Å². The van der Waals surface area contributed by atoms with Crippen LogP contribution >= 0.6 is 0 Å². The average Bonchev–Trinajstić information content (AvgIpc) is 2.41. The van der Waals surface area contributed by atoms with Crippen LogP contribution in [0.25, 0.3) is 0 Å². The minimum atomic E-state index is -0.282. The number of carbonyl (C=O) groups excluding carboxylic acids is 1. The van der Waals surface area contributed by atoms with E-state index in [1.54, 1.807) is 0 Å². The van der Waals surface area contributed by atoms with Gasteiger partial charge in [0.25, 0.3) is 0 Å². The molecular weight excluding hydrogens is 228 g/mol. The summed E-state index contributed by atoms with van der Waals surface area (Å²) in [6, 6.07) is -0.0785. The number of rotatable bonds is 2. The summed E-state index contributed by atoms with van der Waals surface area (Å²) in [6.07, 6.45) is 4.22. The van der Waals surface area contributed by atoms with E-state index in [2.05, 4.69) is 11.8 Å². The number of hydrogen-bond donors (Lipinski definition) is 1. The van der Waals surface area contributed by atoms with Crippen molar-refractivity contribution >= 4 is 5.91 Å². The number of piperidine rings is 2. The SMILES string of the molecule is CC1CCN(C(C)C(=O)N2CCCCC2)CC1O. The van der Waals surface area contributed by atoms with Crippen LogP contribution in [0.4, 0.5) is 0 Å². The average molecular weight is 254 g/mol. The third kappa shape index (κ3) is 3.04. The molecule has 1 amide bonds. The predicted molar refractivity (Wildman–Crippen MR) is 71.3 cm³/mol. The van der Waals surface area contributed by atoms with Gasteiger partial charge in [-0.1, -0.05) is 6.92 Å². The van der Waals surface area contributed by atoms with E-state index in [-0.39, 0.29) is 18.1 Å².